The summed E-state index contributed by atoms with van der Waals surface area (Å²) in [5.41, 5.74) is 0. The molecule has 0 unspecified atom stereocenters. The van der Waals surface area contributed by atoms with Gasteiger partial charge in [-0.1, -0.05) is 221 Å². The lowest BCUT2D eigenvalue weighted by Crippen LogP contribution is -2.30. The van der Waals surface area contributed by atoms with Gasteiger partial charge in [0, 0.05) is 19.3 Å². The van der Waals surface area contributed by atoms with Gasteiger partial charge in [0.2, 0.25) is 0 Å². The summed E-state index contributed by atoms with van der Waals surface area (Å²) >= 11 is 0. The third kappa shape index (κ3) is 41.6. The molecule has 0 radical (unpaired) electrons. The number of ether oxygens (including phenoxy) is 3. The number of esters is 3. The molecule has 0 aromatic rings. The lowest BCUT2D eigenvalue weighted by Gasteiger charge is -2.18. The van der Waals surface area contributed by atoms with Crippen molar-refractivity contribution in [2.45, 2.75) is 265 Å². The summed E-state index contributed by atoms with van der Waals surface area (Å²) in [4.78, 5) is 37.6. The molecule has 0 heterocycles. The highest BCUT2D eigenvalue weighted by Gasteiger charge is 2.19. The fourth-order valence-electron chi connectivity index (χ4n) is 7.11. The van der Waals surface area contributed by atoms with Gasteiger partial charge in [-0.2, -0.15) is 0 Å². The molecule has 0 rings (SSSR count). The Balaban J connectivity index is 4.14. The smallest absolute Gasteiger partial charge is 0.306 e. The van der Waals surface area contributed by atoms with Crippen LogP contribution >= 0.6 is 0 Å². The van der Waals surface area contributed by atoms with Gasteiger partial charge in [-0.15, -0.1) is 0 Å². The van der Waals surface area contributed by atoms with Gasteiger partial charge in [-0.25, -0.2) is 0 Å². The minimum absolute atomic E-state index is 0.0654. The Morgan fingerprint density at radius 3 is 0.907 bits per heavy atom. The van der Waals surface area contributed by atoms with Gasteiger partial charge in [0.15, 0.2) is 6.10 Å². The first-order valence-corrected chi connectivity index (χ1v) is 23.7. The van der Waals surface area contributed by atoms with Crippen molar-refractivity contribution in [1.29, 1.82) is 0 Å². The van der Waals surface area contributed by atoms with Crippen LogP contribution in [0.2, 0.25) is 0 Å². The third-order valence-corrected chi connectivity index (χ3v) is 10.7. The Labute approximate surface area is 336 Å². The summed E-state index contributed by atoms with van der Waals surface area (Å²) in [6.45, 7) is 11.3. The van der Waals surface area contributed by atoms with Crippen LogP contribution in [0.3, 0.4) is 0 Å². The van der Waals surface area contributed by atoms with Crippen LogP contribution in [0.5, 0.6) is 0 Å². The van der Waals surface area contributed by atoms with Crippen LogP contribution in [0, 0.1) is 11.8 Å². The van der Waals surface area contributed by atoms with E-state index in [0.29, 0.717) is 19.3 Å². The van der Waals surface area contributed by atoms with Crippen molar-refractivity contribution in [1.82, 2.24) is 0 Å². The molecule has 0 aromatic heterocycles. The highest BCUT2D eigenvalue weighted by Crippen LogP contribution is 2.17. The lowest BCUT2D eigenvalue weighted by molar-refractivity contribution is -0.167. The van der Waals surface area contributed by atoms with Gasteiger partial charge in [0.05, 0.1) is 0 Å². The Kier molecular flexibility index (Phi) is 39.8. The standard InChI is InChI=1S/C48H92O6/c1-6-7-8-9-21-30-35-40-48(51)54-45(42-53-47(50)39-34-29-25-20-23-27-32-37-44(4)5)41-52-46(49)38-33-28-24-19-17-15-13-11-10-12-14-16-18-22-26-31-36-43(2)3/h43-45H,6-42H2,1-5H3/t45-/m0/s1. The fourth-order valence-corrected chi connectivity index (χ4v) is 7.11. The SMILES string of the molecule is CCCCCCCCCC(=O)O[C@@H](COC(=O)CCCCCCCCCCCCCCCCCCC(C)C)COC(=O)CCCCCCCCCC(C)C. The number of carbonyl (C=O) groups excluding carboxylic acids is 3. The van der Waals surface area contributed by atoms with Crippen LogP contribution in [0.4, 0.5) is 0 Å². The van der Waals surface area contributed by atoms with Gasteiger partial charge in [0.25, 0.3) is 0 Å². The van der Waals surface area contributed by atoms with Crippen molar-refractivity contribution in [3.63, 3.8) is 0 Å². The maximum Gasteiger partial charge on any atom is 0.306 e. The van der Waals surface area contributed by atoms with E-state index in [1.54, 1.807) is 0 Å². The van der Waals surface area contributed by atoms with E-state index in [0.717, 1.165) is 69.6 Å². The zero-order valence-corrected chi connectivity index (χ0v) is 36.8. The third-order valence-electron chi connectivity index (χ3n) is 10.7. The molecule has 0 spiro atoms. The van der Waals surface area contributed by atoms with Crippen molar-refractivity contribution in [2.75, 3.05) is 13.2 Å². The van der Waals surface area contributed by atoms with Crippen LogP contribution in [0.15, 0.2) is 0 Å². The van der Waals surface area contributed by atoms with Crippen molar-refractivity contribution >= 4 is 17.9 Å². The molecule has 6 heteroatoms. The lowest BCUT2D eigenvalue weighted by atomic mass is 10.0. The Morgan fingerprint density at radius 2 is 0.611 bits per heavy atom. The maximum absolute atomic E-state index is 12.6. The summed E-state index contributed by atoms with van der Waals surface area (Å²) in [7, 11) is 0. The van der Waals surface area contributed by atoms with Gasteiger partial charge in [0.1, 0.15) is 13.2 Å². The van der Waals surface area contributed by atoms with E-state index in [2.05, 4.69) is 34.6 Å². The van der Waals surface area contributed by atoms with Gasteiger partial charge >= 0.3 is 17.9 Å². The molecule has 0 saturated carbocycles. The van der Waals surface area contributed by atoms with Crippen LogP contribution in [-0.2, 0) is 28.6 Å². The fraction of sp³-hybridized carbons (Fsp3) is 0.938. The zero-order valence-electron chi connectivity index (χ0n) is 36.8. The second kappa shape index (κ2) is 41.1. The molecule has 0 aromatic carbocycles. The van der Waals surface area contributed by atoms with E-state index in [9.17, 15) is 14.4 Å². The zero-order chi connectivity index (χ0) is 39.7. The minimum atomic E-state index is -0.759. The van der Waals surface area contributed by atoms with E-state index >= 15 is 0 Å². The number of carbonyl (C=O) groups is 3. The first-order chi connectivity index (χ1) is 26.2. The molecule has 0 fully saturated rings. The Morgan fingerprint density at radius 1 is 0.352 bits per heavy atom. The molecule has 54 heavy (non-hydrogen) atoms. The molecule has 0 saturated heterocycles. The van der Waals surface area contributed by atoms with E-state index in [-0.39, 0.29) is 31.1 Å². The van der Waals surface area contributed by atoms with Crippen molar-refractivity contribution < 1.29 is 28.6 Å². The van der Waals surface area contributed by atoms with Crippen LogP contribution in [0.1, 0.15) is 259 Å². The molecule has 0 aliphatic rings. The summed E-state index contributed by atoms with van der Waals surface area (Å²) < 4.78 is 16.7. The van der Waals surface area contributed by atoms with E-state index in [1.807, 2.05) is 0 Å². The molecule has 0 aliphatic carbocycles. The Hall–Kier alpha value is -1.59. The molecule has 0 bridgehead atoms. The molecular formula is C48H92O6. The normalized spacial score (nSPS) is 12.1. The molecule has 6 nitrogen and oxygen atoms in total. The van der Waals surface area contributed by atoms with E-state index in [4.69, 9.17) is 14.2 Å². The number of hydrogen-bond acceptors (Lipinski definition) is 6. The molecule has 1 atom stereocenters. The predicted octanol–water partition coefficient (Wildman–Crippen LogP) is 15.0. The summed E-state index contributed by atoms with van der Waals surface area (Å²) in [5, 5.41) is 0. The average molecular weight is 765 g/mol. The predicted molar refractivity (Wildman–Crippen MR) is 229 cm³/mol. The maximum atomic E-state index is 12.6. The highest BCUT2D eigenvalue weighted by atomic mass is 16.6. The first kappa shape index (κ1) is 52.4. The largest absolute Gasteiger partial charge is 0.462 e. The van der Waals surface area contributed by atoms with E-state index < -0.39 is 6.10 Å². The molecule has 320 valence electrons. The summed E-state index contributed by atoms with van der Waals surface area (Å²) in [6.07, 6.45) is 39.7. The minimum Gasteiger partial charge on any atom is -0.462 e. The van der Waals surface area contributed by atoms with Gasteiger partial charge < -0.3 is 14.2 Å². The quantitative estimate of drug-likeness (QED) is 0.0350. The number of hydrogen-bond donors (Lipinski definition) is 0. The topological polar surface area (TPSA) is 78.9 Å². The number of unbranched alkanes of at least 4 members (excludes halogenated alkanes) is 27. The van der Waals surface area contributed by atoms with Crippen LogP contribution in [-0.4, -0.2) is 37.2 Å². The number of rotatable bonds is 42. The second-order valence-electron chi connectivity index (χ2n) is 17.3. The monoisotopic (exact) mass is 765 g/mol. The van der Waals surface area contributed by atoms with Crippen molar-refractivity contribution in [3.05, 3.63) is 0 Å². The van der Waals surface area contributed by atoms with Gasteiger partial charge in [-0.3, -0.25) is 14.4 Å². The van der Waals surface area contributed by atoms with E-state index in [1.165, 1.54) is 148 Å². The van der Waals surface area contributed by atoms with Crippen molar-refractivity contribution in [3.8, 4) is 0 Å². The molecule has 0 N–H and O–H groups in total. The molecular weight excluding hydrogens is 673 g/mol. The second-order valence-corrected chi connectivity index (χ2v) is 17.3. The van der Waals surface area contributed by atoms with Crippen LogP contribution in [0.25, 0.3) is 0 Å². The average Bonchev–Trinajstić information content (AvgIpc) is 3.14. The van der Waals surface area contributed by atoms with Crippen molar-refractivity contribution in [2.24, 2.45) is 11.8 Å². The van der Waals surface area contributed by atoms with Gasteiger partial charge in [-0.05, 0) is 31.1 Å². The highest BCUT2D eigenvalue weighted by molar-refractivity contribution is 5.71. The molecule has 0 amide bonds. The van der Waals surface area contributed by atoms with Crippen LogP contribution < -0.4 is 0 Å². The Bertz CT molecular complexity index is 824. The molecule has 0 aliphatic heterocycles. The summed E-state index contributed by atoms with van der Waals surface area (Å²) in [5.74, 6) is 0.771. The summed E-state index contributed by atoms with van der Waals surface area (Å²) in [6, 6.07) is 0. The first-order valence-electron chi connectivity index (χ1n) is 23.7.